The van der Waals surface area contributed by atoms with E-state index in [1.54, 1.807) is 12.4 Å². The Labute approximate surface area is 93.6 Å². The van der Waals surface area contributed by atoms with Crippen LogP contribution in [0.25, 0.3) is 0 Å². The van der Waals surface area contributed by atoms with E-state index in [1.165, 1.54) is 6.20 Å². The number of benzene rings is 1. The number of aliphatic hydroxyl groups excluding tert-OH is 1. The smallest absolute Gasteiger partial charge is 0.131 e. The van der Waals surface area contributed by atoms with Crippen molar-refractivity contribution in [3.05, 3.63) is 54.6 Å². The van der Waals surface area contributed by atoms with Crippen LogP contribution in [-0.2, 0) is 0 Å². The van der Waals surface area contributed by atoms with E-state index in [2.05, 4.69) is 9.97 Å². The summed E-state index contributed by atoms with van der Waals surface area (Å²) in [5, 5.41) is 9.75. The van der Waals surface area contributed by atoms with Gasteiger partial charge in [0.25, 0.3) is 0 Å². The Morgan fingerprint density at radius 2 is 2.00 bits per heavy atom. The van der Waals surface area contributed by atoms with Crippen LogP contribution in [0.3, 0.4) is 0 Å². The van der Waals surface area contributed by atoms with E-state index < -0.39 is 6.10 Å². The molecule has 0 aliphatic rings. The van der Waals surface area contributed by atoms with Gasteiger partial charge in [-0.05, 0) is 12.1 Å². The van der Waals surface area contributed by atoms with Crippen LogP contribution in [-0.4, -0.2) is 21.7 Å². The van der Waals surface area contributed by atoms with E-state index >= 15 is 0 Å². The Kier molecular flexibility index (Phi) is 3.46. The Hall–Kier alpha value is -1.94. The predicted octanol–water partition coefficient (Wildman–Crippen LogP) is 1.59. The number of ether oxygens (including phenoxy) is 1. The fourth-order valence-electron chi connectivity index (χ4n) is 1.26. The third kappa shape index (κ3) is 2.77. The highest BCUT2D eigenvalue weighted by atomic mass is 16.5. The van der Waals surface area contributed by atoms with Crippen molar-refractivity contribution in [1.82, 2.24) is 9.97 Å². The van der Waals surface area contributed by atoms with Gasteiger partial charge in [-0.25, -0.2) is 0 Å². The molecule has 16 heavy (non-hydrogen) atoms. The van der Waals surface area contributed by atoms with Crippen LogP contribution in [0.5, 0.6) is 5.75 Å². The molecule has 1 unspecified atom stereocenters. The zero-order chi connectivity index (χ0) is 11.2. The molecule has 82 valence electrons. The fraction of sp³-hybridized carbons (Fsp3) is 0.167. The van der Waals surface area contributed by atoms with E-state index in [0.29, 0.717) is 5.69 Å². The lowest BCUT2D eigenvalue weighted by Crippen LogP contribution is -2.11. The molecule has 0 aliphatic carbocycles. The highest BCUT2D eigenvalue weighted by Gasteiger charge is 2.09. The first kappa shape index (κ1) is 10.6. The van der Waals surface area contributed by atoms with Gasteiger partial charge >= 0.3 is 0 Å². The standard InChI is InChI=1S/C12H12N2O2/c15-12(11-8-13-6-7-14-11)9-16-10-4-2-1-3-5-10/h1-8,12,15H,9H2. The lowest BCUT2D eigenvalue weighted by molar-refractivity contribution is 0.104. The van der Waals surface area contributed by atoms with Crippen LogP contribution < -0.4 is 4.74 Å². The van der Waals surface area contributed by atoms with Crippen molar-refractivity contribution in [2.45, 2.75) is 6.10 Å². The molecule has 0 radical (unpaired) electrons. The summed E-state index contributed by atoms with van der Waals surface area (Å²) < 4.78 is 5.40. The van der Waals surface area contributed by atoms with Crippen LogP contribution in [0.15, 0.2) is 48.9 Å². The second-order valence-electron chi connectivity index (χ2n) is 3.27. The van der Waals surface area contributed by atoms with E-state index in [-0.39, 0.29) is 6.61 Å². The summed E-state index contributed by atoms with van der Waals surface area (Å²) >= 11 is 0. The lowest BCUT2D eigenvalue weighted by atomic mass is 10.3. The maximum atomic E-state index is 9.75. The zero-order valence-corrected chi connectivity index (χ0v) is 8.65. The largest absolute Gasteiger partial charge is 0.490 e. The number of para-hydroxylation sites is 1. The monoisotopic (exact) mass is 216 g/mol. The van der Waals surface area contributed by atoms with Crippen LogP contribution in [0.1, 0.15) is 11.8 Å². The first-order valence-electron chi connectivity index (χ1n) is 4.98. The minimum atomic E-state index is -0.756. The van der Waals surface area contributed by atoms with E-state index in [9.17, 15) is 5.11 Å². The summed E-state index contributed by atoms with van der Waals surface area (Å²) in [6.45, 7) is 0.169. The second kappa shape index (κ2) is 5.23. The highest BCUT2D eigenvalue weighted by molar-refractivity contribution is 5.21. The topological polar surface area (TPSA) is 55.2 Å². The summed E-state index contributed by atoms with van der Waals surface area (Å²) in [7, 11) is 0. The maximum Gasteiger partial charge on any atom is 0.131 e. The maximum absolute atomic E-state index is 9.75. The molecule has 0 amide bonds. The minimum Gasteiger partial charge on any atom is -0.490 e. The minimum absolute atomic E-state index is 0.169. The van der Waals surface area contributed by atoms with Crippen molar-refractivity contribution >= 4 is 0 Å². The summed E-state index contributed by atoms with van der Waals surface area (Å²) in [4.78, 5) is 7.88. The summed E-state index contributed by atoms with van der Waals surface area (Å²) in [5.41, 5.74) is 0.512. The van der Waals surface area contributed by atoms with Gasteiger partial charge in [0, 0.05) is 12.4 Å². The predicted molar refractivity (Wildman–Crippen MR) is 58.9 cm³/mol. The molecule has 1 aromatic carbocycles. The van der Waals surface area contributed by atoms with Crippen LogP contribution in [0.4, 0.5) is 0 Å². The van der Waals surface area contributed by atoms with Crippen molar-refractivity contribution in [1.29, 1.82) is 0 Å². The zero-order valence-electron chi connectivity index (χ0n) is 8.65. The third-order valence-corrected chi connectivity index (χ3v) is 2.08. The van der Waals surface area contributed by atoms with Crippen LogP contribution >= 0.6 is 0 Å². The summed E-state index contributed by atoms with van der Waals surface area (Å²) in [5.74, 6) is 0.727. The number of nitrogens with zero attached hydrogens (tertiary/aromatic N) is 2. The number of hydrogen-bond donors (Lipinski definition) is 1. The molecule has 1 N–H and O–H groups in total. The molecule has 0 saturated carbocycles. The van der Waals surface area contributed by atoms with Gasteiger partial charge in [-0.1, -0.05) is 18.2 Å². The Morgan fingerprint density at radius 1 is 1.19 bits per heavy atom. The third-order valence-electron chi connectivity index (χ3n) is 2.08. The van der Waals surface area contributed by atoms with Gasteiger partial charge in [0.05, 0.1) is 11.9 Å². The van der Waals surface area contributed by atoms with Crippen LogP contribution in [0, 0.1) is 0 Å². The van der Waals surface area contributed by atoms with E-state index in [0.717, 1.165) is 5.75 Å². The van der Waals surface area contributed by atoms with Gasteiger partial charge in [-0.2, -0.15) is 0 Å². The normalized spacial score (nSPS) is 12.1. The molecule has 0 bridgehead atoms. The molecular weight excluding hydrogens is 204 g/mol. The number of hydrogen-bond acceptors (Lipinski definition) is 4. The van der Waals surface area contributed by atoms with Gasteiger partial charge in [0.15, 0.2) is 0 Å². The van der Waals surface area contributed by atoms with Gasteiger partial charge in [0.1, 0.15) is 18.5 Å². The average Bonchev–Trinajstić information content (AvgIpc) is 2.38. The Balaban J connectivity index is 1.92. The molecule has 0 saturated heterocycles. The van der Waals surface area contributed by atoms with Gasteiger partial charge in [-0.3, -0.25) is 9.97 Å². The van der Waals surface area contributed by atoms with E-state index in [4.69, 9.17) is 4.74 Å². The highest BCUT2D eigenvalue weighted by Crippen LogP contribution is 2.13. The number of aromatic nitrogens is 2. The first-order valence-corrected chi connectivity index (χ1v) is 4.98. The van der Waals surface area contributed by atoms with Crippen molar-refractivity contribution in [3.63, 3.8) is 0 Å². The number of rotatable bonds is 4. The molecule has 4 heteroatoms. The van der Waals surface area contributed by atoms with Crippen LogP contribution in [0.2, 0.25) is 0 Å². The van der Waals surface area contributed by atoms with Gasteiger partial charge in [0.2, 0.25) is 0 Å². The molecule has 1 heterocycles. The molecule has 0 aliphatic heterocycles. The van der Waals surface area contributed by atoms with E-state index in [1.807, 2.05) is 30.3 Å². The molecule has 1 atom stereocenters. The van der Waals surface area contributed by atoms with Crippen molar-refractivity contribution in [3.8, 4) is 5.75 Å². The number of aliphatic hydroxyl groups is 1. The molecule has 4 nitrogen and oxygen atoms in total. The Bertz CT molecular complexity index is 420. The van der Waals surface area contributed by atoms with Gasteiger partial charge < -0.3 is 9.84 Å². The van der Waals surface area contributed by atoms with Crippen molar-refractivity contribution < 1.29 is 9.84 Å². The molecule has 1 aromatic heterocycles. The molecule has 2 aromatic rings. The molecule has 0 fully saturated rings. The van der Waals surface area contributed by atoms with Crippen molar-refractivity contribution in [2.24, 2.45) is 0 Å². The SMILES string of the molecule is OC(COc1ccccc1)c1cnccn1. The molecular formula is C12H12N2O2. The average molecular weight is 216 g/mol. The summed E-state index contributed by atoms with van der Waals surface area (Å²) in [6.07, 6.45) is 3.88. The Morgan fingerprint density at radius 3 is 2.69 bits per heavy atom. The molecule has 0 spiro atoms. The lowest BCUT2D eigenvalue weighted by Gasteiger charge is -2.11. The quantitative estimate of drug-likeness (QED) is 0.843. The second-order valence-corrected chi connectivity index (χ2v) is 3.27. The first-order chi connectivity index (χ1) is 7.86. The molecule has 2 rings (SSSR count). The summed E-state index contributed by atoms with van der Waals surface area (Å²) in [6, 6.07) is 9.34. The van der Waals surface area contributed by atoms with Gasteiger partial charge in [-0.15, -0.1) is 0 Å². The van der Waals surface area contributed by atoms with Crippen molar-refractivity contribution in [2.75, 3.05) is 6.61 Å². The fourth-order valence-corrected chi connectivity index (χ4v) is 1.26.